The molecular weight excluding hydrogens is 288 g/mol. The van der Waals surface area contributed by atoms with Crippen LogP contribution in [0.5, 0.6) is 0 Å². The third kappa shape index (κ3) is 2.36. The van der Waals surface area contributed by atoms with Crippen LogP contribution in [-0.4, -0.2) is 30.2 Å². The van der Waals surface area contributed by atoms with E-state index < -0.39 is 0 Å². The van der Waals surface area contributed by atoms with Gasteiger partial charge in [0.05, 0.1) is 17.6 Å². The third-order valence-electron chi connectivity index (χ3n) is 3.40. The lowest BCUT2D eigenvalue weighted by atomic mass is 10.2. The number of nitrogens with zero attached hydrogens (tertiary/aromatic N) is 6. The van der Waals surface area contributed by atoms with Crippen molar-refractivity contribution in [2.24, 2.45) is 7.05 Å². The summed E-state index contributed by atoms with van der Waals surface area (Å²) >= 11 is 5.87. The first-order valence-electron chi connectivity index (χ1n) is 6.51. The van der Waals surface area contributed by atoms with Crippen LogP contribution in [0.3, 0.4) is 0 Å². The van der Waals surface area contributed by atoms with Crippen molar-refractivity contribution in [1.82, 2.24) is 24.3 Å². The molecule has 0 N–H and O–H groups in total. The standard InChI is InChI=1S/C14H13ClN6/c1-20-9-17-19-13(20)8-21-11-4-2-3-10(7-16)14(11)18-12(21)5-6-15/h2-4,9H,5-6,8H2,1H3. The Morgan fingerprint density at radius 2 is 2.19 bits per heavy atom. The SMILES string of the molecule is Cn1cnnc1Cn1c(CCCl)nc2c(C#N)cccc21. The van der Waals surface area contributed by atoms with E-state index in [2.05, 4.69) is 21.3 Å². The van der Waals surface area contributed by atoms with E-state index >= 15 is 0 Å². The van der Waals surface area contributed by atoms with Crippen molar-refractivity contribution in [3.8, 4) is 6.07 Å². The Hall–Kier alpha value is -2.39. The normalized spacial score (nSPS) is 10.9. The van der Waals surface area contributed by atoms with E-state index in [4.69, 9.17) is 11.6 Å². The van der Waals surface area contributed by atoms with E-state index in [1.807, 2.05) is 28.3 Å². The van der Waals surface area contributed by atoms with Gasteiger partial charge < -0.3 is 9.13 Å². The molecule has 7 heteroatoms. The molecule has 3 aromatic rings. The molecule has 0 amide bonds. The minimum atomic E-state index is 0.476. The topological polar surface area (TPSA) is 72.3 Å². The van der Waals surface area contributed by atoms with Gasteiger partial charge in [0, 0.05) is 19.3 Å². The lowest BCUT2D eigenvalue weighted by Crippen LogP contribution is -2.09. The van der Waals surface area contributed by atoms with Crippen molar-refractivity contribution in [2.75, 3.05) is 5.88 Å². The Kier molecular flexibility index (Phi) is 3.59. The number of hydrogen-bond donors (Lipinski definition) is 0. The second-order valence-electron chi connectivity index (χ2n) is 4.70. The smallest absolute Gasteiger partial charge is 0.152 e. The molecule has 21 heavy (non-hydrogen) atoms. The van der Waals surface area contributed by atoms with Crippen molar-refractivity contribution < 1.29 is 0 Å². The number of alkyl halides is 1. The molecule has 0 atom stereocenters. The summed E-state index contributed by atoms with van der Waals surface area (Å²) in [6.07, 6.45) is 2.30. The van der Waals surface area contributed by atoms with Gasteiger partial charge in [0.15, 0.2) is 5.82 Å². The number of hydrogen-bond acceptors (Lipinski definition) is 4. The molecule has 0 spiro atoms. The van der Waals surface area contributed by atoms with Crippen molar-refractivity contribution in [1.29, 1.82) is 5.26 Å². The average Bonchev–Trinajstić information content (AvgIpc) is 3.05. The quantitative estimate of drug-likeness (QED) is 0.690. The van der Waals surface area contributed by atoms with Gasteiger partial charge in [-0.15, -0.1) is 21.8 Å². The fourth-order valence-electron chi connectivity index (χ4n) is 2.33. The van der Waals surface area contributed by atoms with Gasteiger partial charge in [0.1, 0.15) is 23.7 Å². The van der Waals surface area contributed by atoms with Crippen LogP contribution < -0.4 is 0 Å². The minimum Gasteiger partial charge on any atom is -0.320 e. The molecule has 0 fully saturated rings. The number of nitriles is 1. The Bertz CT molecular complexity index is 826. The Morgan fingerprint density at radius 1 is 1.33 bits per heavy atom. The molecular formula is C14H13ClN6. The zero-order chi connectivity index (χ0) is 14.8. The maximum Gasteiger partial charge on any atom is 0.152 e. The van der Waals surface area contributed by atoms with Crippen LogP contribution in [0, 0.1) is 11.3 Å². The molecule has 2 aromatic heterocycles. The highest BCUT2D eigenvalue weighted by Gasteiger charge is 2.15. The van der Waals surface area contributed by atoms with Crippen LogP contribution in [0.25, 0.3) is 11.0 Å². The first-order chi connectivity index (χ1) is 10.2. The highest BCUT2D eigenvalue weighted by molar-refractivity contribution is 6.17. The number of aryl methyl sites for hydroxylation is 2. The monoisotopic (exact) mass is 300 g/mol. The van der Waals surface area contributed by atoms with Crippen molar-refractivity contribution >= 4 is 22.6 Å². The molecule has 0 aliphatic heterocycles. The minimum absolute atomic E-state index is 0.476. The van der Waals surface area contributed by atoms with E-state index in [9.17, 15) is 5.26 Å². The second kappa shape index (κ2) is 5.54. The predicted octanol–water partition coefficient (Wildman–Crippen LogP) is 1.87. The lowest BCUT2D eigenvalue weighted by Gasteiger charge is -2.07. The molecule has 106 valence electrons. The van der Waals surface area contributed by atoms with Gasteiger partial charge in [-0.2, -0.15) is 5.26 Å². The highest BCUT2D eigenvalue weighted by Crippen LogP contribution is 2.21. The molecule has 0 aliphatic carbocycles. The van der Waals surface area contributed by atoms with Gasteiger partial charge >= 0.3 is 0 Å². The summed E-state index contributed by atoms with van der Waals surface area (Å²) in [6, 6.07) is 7.77. The molecule has 1 aromatic carbocycles. The molecule has 3 rings (SSSR count). The van der Waals surface area contributed by atoms with Gasteiger partial charge in [-0.25, -0.2) is 4.98 Å². The van der Waals surface area contributed by atoms with E-state index in [0.29, 0.717) is 29.9 Å². The number of rotatable bonds is 4. The molecule has 2 heterocycles. The number of aromatic nitrogens is 5. The van der Waals surface area contributed by atoms with Crippen molar-refractivity contribution in [2.45, 2.75) is 13.0 Å². The fourth-order valence-corrected chi connectivity index (χ4v) is 2.50. The molecule has 0 saturated carbocycles. The maximum atomic E-state index is 9.21. The summed E-state index contributed by atoms with van der Waals surface area (Å²) in [7, 11) is 1.90. The van der Waals surface area contributed by atoms with Crippen LogP contribution in [0.1, 0.15) is 17.2 Å². The Labute approximate surface area is 126 Å². The molecule has 0 saturated heterocycles. The first-order valence-corrected chi connectivity index (χ1v) is 7.05. The fraction of sp³-hybridized carbons (Fsp3) is 0.286. The van der Waals surface area contributed by atoms with Gasteiger partial charge in [-0.3, -0.25) is 0 Å². The van der Waals surface area contributed by atoms with Crippen LogP contribution in [0.4, 0.5) is 0 Å². The van der Waals surface area contributed by atoms with Crippen LogP contribution in [-0.2, 0) is 20.0 Å². The van der Waals surface area contributed by atoms with Gasteiger partial charge in [0.2, 0.25) is 0 Å². The third-order valence-corrected chi connectivity index (χ3v) is 3.59. The van der Waals surface area contributed by atoms with E-state index in [1.54, 1.807) is 12.4 Å². The first kappa shape index (κ1) is 13.6. The zero-order valence-electron chi connectivity index (χ0n) is 11.5. The number of benzene rings is 1. The summed E-state index contributed by atoms with van der Waals surface area (Å²) in [6.45, 7) is 0.550. The molecule has 0 unspecified atom stereocenters. The highest BCUT2D eigenvalue weighted by atomic mass is 35.5. The lowest BCUT2D eigenvalue weighted by molar-refractivity contribution is 0.680. The number of para-hydroxylation sites is 1. The van der Waals surface area contributed by atoms with E-state index in [1.165, 1.54) is 0 Å². The molecule has 6 nitrogen and oxygen atoms in total. The second-order valence-corrected chi connectivity index (χ2v) is 5.07. The number of fused-ring (bicyclic) bond motifs is 1. The Morgan fingerprint density at radius 3 is 2.86 bits per heavy atom. The average molecular weight is 301 g/mol. The summed E-state index contributed by atoms with van der Waals surface area (Å²) in [5, 5.41) is 17.2. The van der Waals surface area contributed by atoms with E-state index in [0.717, 1.165) is 17.2 Å². The van der Waals surface area contributed by atoms with Gasteiger partial charge in [-0.05, 0) is 12.1 Å². The van der Waals surface area contributed by atoms with Gasteiger partial charge in [0.25, 0.3) is 0 Å². The van der Waals surface area contributed by atoms with Crippen LogP contribution in [0.15, 0.2) is 24.5 Å². The van der Waals surface area contributed by atoms with Crippen molar-refractivity contribution in [3.05, 3.63) is 41.7 Å². The largest absolute Gasteiger partial charge is 0.320 e. The maximum absolute atomic E-state index is 9.21. The molecule has 0 aliphatic rings. The zero-order valence-corrected chi connectivity index (χ0v) is 12.2. The molecule has 0 bridgehead atoms. The van der Waals surface area contributed by atoms with E-state index in [-0.39, 0.29) is 0 Å². The Balaban J connectivity index is 2.17. The summed E-state index contributed by atoms with van der Waals surface area (Å²) in [4.78, 5) is 4.58. The van der Waals surface area contributed by atoms with Gasteiger partial charge in [-0.1, -0.05) is 6.07 Å². The number of halogens is 1. The molecule has 0 radical (unpaired) electrons. The summed E-state index contributed by atoms with van der Waals surface area (Å²) in [5.74, 6) is 2.16. The van der Waals surface area contributed by atoms with Crippen LogP contribution >= 0.6 is 11.6 Å². The predicted molar refractivity (Wildman–Crippen MR) is 79.0 cm³/mol. The number of imidazole rings is 1. The van der Waals surface area contributed by atoms with Crippen molar-refractivity contribution in [3.63, 3.8) is 0 Å². The summed E-state index contributed by atoms with van der Waals surface area (Å²) < 4.78 is 3.91. The summed E-state index contributed by atoms with van der Waals surface area (Å²) in [5.41, 5.74) is 2.19. The van der Waals surface area contributed by atoms with Crippen LogP contribution in [0.2, 0.25) is 0 Å².